The van der Waals surface area contributed by atoms with Crippen molar-refractivity contribution in [2.24, 2.45) is 0 Å². The Morgan fingerprint density at radius 3 is 2.66 bits per heavy atom. The Hall–Kier alpha value is -3.21. The van der Waals surface area contributed by atoms with Crippen molar-refractivity contribution in [1.29, 1.82) is 0 Å². The van der Waals surface area contributed by atoms with Crippen LogP contribution >= 0.6 is 0 Å². The first kappa shape index (κ1) is 19.1. The summed E-state index contributed by atoms with van der Waals surface area (Å²) in [6, 6.07) is 17.4. The average Bonchev–Trinajstić information content (AvgIpc) is 3.58. The minimum atomic E-state index is -0.487. The minimum absolute atomic E-state index is 0.290. The molecule has 1 N–H and O–H groups in total. The number of pyridine rings is 1. The molecule has 1 aliphatic carbocycles. The molecule has 4 rings (SSSR count). The second-order valence-corrected chi connectivity index (χ2v) is 7.49. The van der Waals surface area contributed by atoms with Gasteiger partial charge in [-0.1, -0.05) is 42.5 Å². The number of benzene rings is 2. The molecule has 29 heavy (non-hydrogen) atoms. The summed E-state index contributed by atoms with van der Waals surface area (Å²) in [4.78, 5) is 29.4. The number of para-hydroxylation sites is 1. The lowest BCUT2D eigenvalue weighted by molar-refractivity contribution is -0.124. The molecule has 1 aromatic heterocycles. The van der Waals surface area contributed by atoms with Crippen LogP contribution in [0.2, 0.25) is 0 Å². The molecule has 2 aromatic carbocycles. The first-order chi connectivity index (χ1) is 14.1. The zero-order valence-corrected chi connectivity index (χ0v) is 16.5. The molecule has 0 saturated heterocycles. The highest BCUT2D eigenvalue weighted by molar-refractivity contribution is 6.04. The summed E-state index contributed by atoms with van der Waals surface area (Å²) in [5.74, 6) is -0.358. The van der Waals surface area contributed by atoms with E-state index in [0.29, 0.717) is 18.0 Å². The fourth-order valence-electron chi connectivity index (χ4n) is 3.44. The highest BCUT2D eigenvalue weighted by Crippen LogP contribution is 2.40. The van der Waals surface area contributed by atoms with Gasteiger partial charge in [0.2, 0.25) is 0 Å². The van der Waals surface area contributed by atoms with Crippen LogP contribution < -0.4 is 5.32 Å². The molecule has 0 aliphatic heterocycles. The summed E-state index contributed by atoms with van der Waals surface area (Å²) >= 11 is 0. The summed E-state index contributed by atoms with van der Waals surface area (Å²) in [7, 11) is 0. The first-order valence-electron chi connectivity index (χ1n) is 10.00. The number of fused-ring (bicyclic) bond motifs is 1. The molecule has 1 fully saturated rings. The van der Waals surface area contributed by atoms with Crippen LogP contribution in [0.3, 0.4) is 0 Å². The van der Waals surface area contributed by atoms with E-state index in [1.54, 1.807) is 0 Å². The molecule has 0 unspecified atom stereocenters. The molecule has 1 saturated carbocycles. The summed E-state index contributed by atoms with van der Waals surface area (Å²) in [5.41, 5.74) is 4.58. The van der Waals surface area contributed by atoms with Crippen LogP contribution in [0.25, 0.3) is 10.9 Å². The highest BCUT2D eigenvalue weighted by Gasteiger charge is 2.27. The second-order valence-electron chi connectivity index (χ2n) is 7.49. The lowest BCUT2D eigenvalue weighted by Gasteiger charge is -2.10. The van der Waals surface area contributed by atoms with Gasteiger partial charge in [0, 0.05) is 23.5 Å². The van der Waals surface area contributed by atoms with Gasteiger partial charge in [-0.3, -0.25) is 9.78 Å². The van der Waals surface area contributed by atoms with Crippen LogP contribution in [0.5, 0.6) is 0 Å². The Balaban J connectivity index is 1.36. The smallest absolute Gasteiger partial charge is 0.339 e. The van der Waals surface area contributed by atoms with Crippen molar-refractivity contribution in [3.63, 3.8) is 0 Å². The van der Waals surface area contributed by atoms with Crippen molar-refractivity contribution < 1.29 is 14.3 Å². The van der Waals surface area contributed by atoms with E-state index in [0.717, 1.165) is 35.9 Å². The number of carbonyl (C=O) groups is 2. The number of carbonyl (C=O) groups excluding carboxylic acids is 2. The van der Waals surface area contributed by atoms with Gasteiger partial charge in [-0.25, -0.2) is 4.79 Å². The average molecular weight is 388 g/mol. The zero-order valence-electron chi connectivity index (χ0n) is 16.5. The van der Waals surface area contributed by atoms with Crippen LogP contribution in [0.15, 0.2) is 54.6 Å². The van der Waals surface area contributed by atoms with Crippen molar-refractivity contribution in [3.8, 4) is 0 Å². The molecule has 0 atom stereocenters. The molecule has 5 heteroatoms. The van der Waals surface area contributed by atoms with E-state index in [1.165, 1.54) is 11.1 Å². The Morgan fingerprint density at radius 1 is 1.10 bits per heavy atom. The summed E-state index contributed by atoms with van der Waals surface area (Å²) in [5, 5.41) is 3.57. The number of nitrogens with one attached hydrogen (secondary N) is 1. The third-order valence-electron chi connectivity index (χ3n) is 5.26. The summed E-state index contributed by atoms with van der Waals surface area (Å²) in [6.45, 7) is 2.27. The van der Waals surface area contributed by atoms with Gasteiger partial charge in [0.15, 0.2) is 6.61 Å². The molecular formula is C24H24N2O3. The predicted octanol–water partition coefficient (Wildman–Crippen LogP) is 3.94. The maximum absolute atomic E-state index is 12.7. The van der Waals surface area contributed by atoms with Crippen molar-refractivity contribution in [2.75, 3.05) is 13.2 Å². The van der Waals surface area contributed by atoms with Gasteiger partial charge in [0.25, 0.3) is 5.91 Å². The number of hydrogen-bond acceptors (Lipinski definition) is 4. The Labute approximate surface area is 170 Å². The molecule has 1 amide bonds. The van der Waals surface area contributed by atoms with E-state index in [2.05, 4.69) is 10.3 Å². The molecule has 0 radical (unpaired) electrons. The number of ether oxygens (including phenoxy) is 1. The number of hydrogen-bond donors (Lipinski definition) is 1. The van der Waals surface area contributed by atoms with Crippen LogP contribution in [-0.2, 0) is 16.0 Å². The monoisotopic (exact) mass is 388 g/mol. The van der Waals surface area contributed by atoms with Crippen molar-refractivity contribution in [3.05, 3.63) is 77.0 Å². The third kappa shape index (κ3) is 4.62. The molecule has 1 heterocycles. The first-order valence-corrected chi connectivity index (χ1v) is 10.00. The zero-order chi connectivity index (χ0) is 20.2. The number of esters is 1. The van der Waals surface area contributed by atoms with Crippen molar-refractivity contribution in [2.45, 2.75) is 32.1 Å². The van der Waals surface area contributed by atoms with Crippen LogP contribution in [0, 0.1) is 6.92 Å². The molecule has 1 aliphatic rings. The molecule has 0 bridgehead atoms. The Kier molecular flexibility index (Phi) is 5.56. The largest absolute Gasteiger partial charge is 0.452 e. The van der Waals surface area contributed by atoms with Crippen molar-refractivity contribution in [1.82, 2.24) is 10.3 Å². The maximum atomic E-state index is 12.7. The van der Waals surface area contributed by atoms with Gasteiger partial charge >= 0.3 is 5.97 Å². The van der Waals surface area contributed by atoms with Crippen LogP contribution in [0.1, 0.15) is 45.9 Å². The van der Waals surface area contributed by atoms with E-state index in [9.17, 15) is 9.59 Å². The molecule has 5 nitrogen and oxygen atoms in total. The van der Waals surface area contributed by atoms with E-state index in [4.69, 9.17) is 4.74 Å². The lowest BCUT2D eigenvalue weighted by atomic mass is 10.1. The standard InChI is InChI=1S/C24H24N2O3/c1-16-6-2-3-7-17(16)12-13-25-23(27)15-29-24(28)20-14-22(18-10-11-18)26-21-9-5-4-8-19(20)21/h2-9,14,18H,10-13,15H2,1H3,(H,25,27). The van der Waals surface area contributed by atoms with E-state index >= 15 is 0 Å². The van der Waals surface area contributed by atoms with E-state index in [1.807, 2.05) is 61.5 Å². The quantitative estimate of drug-likeness (QED) is 0.623. The Morgan fingerprint density at radius 2 is 1.86 bits per heavy atom. The number of rotatable bonds is 7. The van der Waals surface area contributed by atoms with Crippen molar-refractivity contribution >= 4 is 22.8 Å². The van der Waals surface area contributed by atoms with E-state index < -0.39 is 5.97 Å². The topological polar surface area (TPSA) is 68.3 Å². The van der Waals surface area contributed by atoms with Gasteiger partial charge < -0.3 is 10.1 Å². The fraction of sp³-hybridized carbons (Fsp3) is 0.292. The molecular weight excluding hydrogens is 364 g/mol. The van der Waals surface area contributed by atoms with Crippen LogP contribution in [-0.4, -0.2) is 30.0 Å². The number of aryl methyl sites for hydroxylation is 1. The minimum Gasteiger partial charge on any atom is -0.452 e. The number of amides is 1. The van der Waals surface area contributed by atoms with Gasteiger partial charge in [-0.2, -0.15) is 0 Å². The second kappa shape index (κ2) is 8.43. The van der Waals surface area contributed by atoms with Gasteiger partial charge in [0.1, 0.15) is 0 Å². The van der Waals surface area contributed by atoms with E-state index in [-0.39, 0.29) is 12.5 Å². The number of aromatic nitrogens is 1. The van der Waals surface area contributed by atoms with Crippen LogP contribution in [0.4, 0.5) is 0 Å². The summed E-state index contributed by atoms with van der Waals surface area (Å²) < 4.78 is 5.30. The highest BCUT2D eigenvalue weighted by atomic mass is 16.5. The van der Waals surface area contributed by atoms with Gasteiger partial charge in [-0.15, -0.1) is 0 Å². The van der Waals surface area contributed by atoms with Gasteiger partial charge in [0.05, 0.1) is 11.1 Å². The maximum Gasteiger partial charge on any atom is 0.339 e. The summed E-state index contributed by atoms with van der Waals surface area (Å²) in [6.07, 6.45) is 2.94. The lowest BCUT2D eigenvalue weighted by Crippen LogP contribution is -2.30. The van der Waals surface area contributed by atoms with Gasteiger partial charge in [-0.05, 0) is 49.4 Å². The number of nitrogens with zero attached hydrogens (tertiary/aromatic N) is 1. The normalized spacial score (nSPS) is 13.3. The molecule has 0 spiro atoms. The third-order valence-corrected chi connectivity index (χ3v) is 5.26. The fourth-order valence-corrected chi connectivity index (χ4v) is 3.44. The Bertz CT molecular complexity index is 1060. The molecule has 148 valence electrons. The molecule has 3 aromatic rings. The predicted molar refractivity (Wildman–Crippen MR) is 112 cm³/mol. The SMILES string of the molecule is Cc1ccccc1CCNC(=O)COC(=O)c1cc(C2CC2)nc2ccccc12.